The van der Waals surface area contributed by atoms with E-state index in [1.54, 1.807) is 12.4 Å². The molecule has 0 aliphatic carbocycles. The van der Waals surface area contributed by atoms with E-state index < -0.39 is 0 Å². The lowest BCUT2D eigenvalue weighted by Crippen LogP contribution is -1.88. The van der Waals surface area contributed by atoms with Crippen molar-refractivity contribution in [1.29, 1.82) is 0 Å². The monoisotopic (exact) mass is 273 g/mol. The van der Waals surface area contributed by atoms with E-state index in [-0.39, 0.29) is 0 Å². The minimum atomic E-state index is 0.366. The van der Waals surface area contributed by atoms with Crippen LogP contribution in [-0.4, -0.2) is 14.4 Å². The molecule has 0 atom stereocenters. The van der Waals surface area contributed by atoms with Crippen LogP contribution in [0.25, 0.3) is 5.78 Å². The number of hydrogen-bond donors (Lipinski definition) is 0. The Morgan fingerprint density at radius 3 is 2.86 bits per heavy atom. The topological polar surface area (TPSA) is 30.2 Å². The summed E-state index contributed by atoms with van der Waals surface area (Å²) < 4.78 is 2.77. The minimum Gasteiger partial charge on any atom is -0.276 e. The molecule has 3 nitrogen and oxygen atoms in total. The van der Waals surface area contributed by atoms with Gasteiger partial charge in [-0.05, 0) is 21.8 Å². The summed E-state index contributed by atoms with van der Waals surface area (Å²) >= 11 is 9.34. The van der Waals surface area contributed by atoms with Gasteiger partial charge in [-0.1, -0.05) is 25.4 Å². The van der Waals surface area contributed by atoms with Crippen molar-refractivity contribution in [1.82, 2.24) is 14.4 Å². The smallest absolute Gasteiger partial charge is 0.234 e. The summed E-state index contributed by atoms with van der Waals surface area (Å²) in [4.78, 5) is 8.53. The van der Waals surface area contributed by atoms with Gasteiger partial charge in [-0.2, -0.15) is 0 Å². The van der Waals surface area contributed by atoms with Gasteiger partial charge >= 0.3 is 0 Å². The molecular weight excluding hydrogens is 265 g/mol. The highest BCUT2D eigenvalue weighted by atomic mass is 79.9. The highest BCUT2D eigenvalue weighted by Crippen LogP contribution is 2.25. The second-order valence-corrected chi connectivity index (χ2v) is 4.57. The molecule has 0 spiro atoms. The van der Waals surface area contributed by atoms with Gasteiger partial charge in [-0.3, -0.25) is 4.40 Å². The predicted octanol–water partition coefficient (Wildman–Crippen LogP) is 3.27. The Balaban J connectivity index is 2.74. The van der Waals surface area contributed by atoms with Crippen LogP contribution in [-0.2, 0) is 0 Å². The van der Waals surface area contributed by atoms with E-state index in [0.29, 0.717) is 16.7 Å². The molecule has 0 aromatic carbocycles. The number of hydrogen-bond acceptors (Lipinski definition) is 2. The van der Waals surface area contributed by atoms with Gasteiger partial charge in [-0.25, -0.2) is 9.97 Å². The van der Waals surface area contributed by atoms with E-state index >= 15 is 0 Å². The van der Waals surface area contributed by atoms with Gasteiger partial charge < -0.3 is 0 Å². The van der Waals surface area contributed by atoms with Crippen LogP contribution >= 0.6 is 27.5 Å². The lowest BCUT2D eigenvalue weighted by atomic mass is 10.2. The summed E-state index contributed by atoms with van der Waals surface area (Å²) in [5, 5.41) is 0.603. The predicted molar refractivity (Wildman–Crippen MR) is 59.8 cm³/mol. The lowest BCUT2D eigenvalue weighted by Gasteiger charge is -1.99. The third kappa shape index (κ3) is 1.53. The summed E-state index contributed by atoms with van der Waals surface area (Å²) in [6.07, 6.45) is 3.40. The number of aromatic nitrogens is 3. The summed E-state index contributed by atoms with van der Waals surface area (Å²) in [6, 6.07) is 0. The number of rotatable bonds is 1. The summed E-state index contributed by atoms with van der Waals surface area (Å²) in [5.41, 5.74) is 1.000. The molecule has 2 heterocycles. The van der Waals surface area contributed by atoms with Crippen LogP contribution in [0.15, 0.2) is 17.0 Å². The van der Waals surface area contributed by atoms with Crippen LogP contribution in [0.1, 0.15) is 25.5 Å². The quantitative estimate of drug-likeness (QED) is 0.799. The van der Waals surface area contributed by atoms with Gasteiger partial charge in [0.25, 0.3) is 0 Å². The van der Waals surface area contributed by atoms with E-state index in [1.807, 2.05) is 4.40 Å². The Kier molecular flexibility index (Phi) is 2.49. The molecule has 2 aromatic rings. The summed E-state index contributed by atoms with van der Waals surface area (Å²) in [5.74, 6) is 1.04. The van der Waals surface area contributed by atoms with Crippen LogP contribution in [0.2, 0.25) is 5.02 Å². The van der Waals surface area contributed by atoms with E-state index in [1.165, 1.54) is 0 Å². The van der Waals surface area contributed by atoms with Gasteiger partial charge in [-0.15, -0.1) is 0 Å². The maximum Gasteiger partial charge on any atom is 0.234 e. The second-order valence-electron chi connectivity index (χ2n) is 3.38. The molecule has 0 aliphatic heterocycles. The van der Waals surface area contributed by atoms with E-state index in [4.69, 9.17) is 11.6 Å². The third-order valence-electron chi connectivity index (χ3n) is 1.96. The molecular formula is C9H9BrClN3. The molecule has 0 saturated heterocycles. The molecule has 0 amide bonds. The third-order valence-corrected chi connectivity index (χ3v) is 2.94. The van der Waals surface area contributed by atoms with Crippen molar-refractivity contribution >= 4 is 33.3 Å². The van der Waals surface area contributed by atoms with Crippen LogP contribution in [0.3, 0.4) is 0 Å². The van der Waals surface area contributed by atoms with E-state index in [9.17, 15) is 0 Å². The summed E-state index contributed by atoms with van der Waals surface area (Å²) in [6.45, 7) is 4.18. The first-order chi connectivity index (χ1) is 6.59. The first kappa shape index (κ1) is 9.93. The maximum atomic E-state index is 5.85. The molecule has 0 N–H and O–H groups in total. The largest absolute Gasteiger partial charge is 0.276 e. The van der Waals surface area contributed by atoms with Crippen molar-refractivity contribution in [3.63, 3.8) is 0 Å². The van der Waals surface area contributed by atoms with Gasteiger partial charge in [0, 0.05) is 6.20 Å². The molecule has 5 heteroatoms. The van der Waals surface area contributed by atoms with Crippen LogP contribution < -0.4 is 0 Å². The lowest BCUT2D eigenvalue weighted by molar-refractivity contribution is 0.826. The Labute approximate surface area is 95.3 Å². The van der Waals surface area contributed by atoms with Gasteiger partial charge in [0.05, 0.1) is 16.9 Å². The highest BCUT2D eigenvalue weighted by Gasteiger charge is 2.13. The van der Waals surface area contributed by atoms with Gasteiger partial charge in [0.2, 0.25) is 5.78 Å². The minimum absolute atomic E-state index is 0.366. The van der Waals surface area contributed by atoms with Crippen molar-refractivity contribution < 1.29 is 0 Å². The molecule has 0 saturated carbocycles. The molecule has 2 rings (SSSR count). The first-order valence-electron chi connectivity index (χ1n) is 4.28. The average Bonchev–Trinajstić information content (AvgIpc) is 2.44. The average molecular weight is 275 g/mol. The van der Waals surface area contributed by atoms with Crippen LogP contribution in [0.5, 0.6) is 0 Å². The Morgan fingerprint density at radius 1 is 1.50 bits per heavy atom. The number of imidazole rings is 1. The Hall–Kier alpha value is -0.610. The maximum absolute atomic E-state index is 5.85. The SMILES string of the molecule is CC(C)c1nc2ncc(Cl)cn2c1Br. The molecule has 0 radical (unpaired) electrons. The Bertz CT molecular complexity index is 478. The number of nitrogens with zero attached hydrogens (tertiary/aromatic N) is 3. The fourth-order valence-corrected chi connectivity index (χ4v) is 2.22. The van der Waals surface area contributed by atoms with Gasteiger partial charge in [0.1, 0.15) is 4.60 Å². The molecule has 0 aliphatic rings. The molecule has 74 valence electrons. The molecule has 2 aromatic heterocycles. The van der Waals surface area contributed by atoms with Crippen molar-refractivity contribution in [3.05, 3.63) is 27.7 Å². The van der Waals surface area contributed by atoms with E-state index in [2.05, 4.69) is 39.7 Å². The first-order valence-corrected chi connectivity index (χ1v) is 5.45. The highest BCUT2D eigenvalue weighted by molar-refractivity contribution is 9.10. The zero-order chi connectivity index (χ0) is 10.3. The Morgan fingerprint density at radius 2 is 2.21 bits per heavy atom. The molecule has 0 unspecified atom stereocenters. The molecule has 14 heavy (non-hydrogen) atoms. The fraction of sp³-hybridized carbons (Fsp3) is 0.333. The van der Waals surface area contributed by atoms with Crippen LogP contribution in [0.4, 0.5) is 0 Å². The van der Waals surface area contributed by atoms with Crippen molar-refractivity contribution in [2.24, 2.45) is 0 Å². The van der Waals surface area contributed by atoms with Gasteiger partial charge in [0.15, 0.2) is 0 Å². The zero-order valence-corrected chi connectivity index (χ0v) is 10.2. The van der Waals surface area contributed by atoms with Crippen LogP contribution in [0, 0.1) is 0 Å². The number of fused-ring (bicyclic) bond motifs is 1. The molecule has 0 bridgehead atoms. The standard InChI is InChI=1S/C9H9BrClN3/c1-5(2)7-8(10)14-4-6(11)3-12-9(14)13-7/h3-5H,1-2H3. The van der Waals surface area contributed by atoms with Crippen molar-refractivity contribution in [3.8, 4) is 0 Å². The van der Waals surface area contributed by atoms with E-state index in [0.717, 1.165) is 10.3 Å². The normalized spacial score (nSPS) is 11.5. The fourth-order valence-electron chi connectivity index (χ4n) is 1.27. The van der Waals surface area contributed by atoms with Crippen molar-refractivity contribution in [2.75, 3.05) is 0 Å². The zero-order valence-electron chi connectivity index (χ0n) is 7.83. The van der Waals surface area contributed by atoms with Crippen molar-refractivity contribution in [2.45, 2.75) is 19.8 Å². The summed E-state index contributed by atoms with van der Waals surface area (Å²) in [7, 11) is 0. The number of halogens is 2. The molecule has 0 fully saturated rings. The second kappa shape index (κ2) is 3.51.